The molecule has 1 fully saturated rings. The van der Waals surface area contributed by atoms with E-state index in [1.807, 2.05) is 0 Å². The van der Waals surface area contributed by atoms with E-state index in [-0.39, 0.29) is 12.0 Å². The maximum Gasteiger partial charge on any atom is 0.406 e. The second kappa shape index (κ2) is 4.77. The summed E-state index contributed by atoms with van der Waals surface area (Å²) in [4.78, 5) is 4.42. The van der Waals surface area contributed by atoms with E-state index in [1.165, 1.54) is 4.57 Å². The highest BCUT2D eigenvalue weighted by Gasteiger charge is 2.33. The SMILES string of the molecule is N[C@H]1CC[C@@H](c2nc3ccccc3n2CC(F)(F)F)C1. The number of hydrogen-bond acceptors (Lipinski definition) is 2. The Bertz CT molecular complexity index is 618. The Morgan fingerprint density at radius 2 is 2.00 bits per heavy atom. The molecule has 0 aliphatic heterocycles. The third kappa shape index (κ3) is 2.52. The Labute approximate surface area is 114 Å². The average Bonchev–Trinajstić information content (AvgIpc) is 2.93. The van der Waals surface area contributed by atoms with Gasteiger partial charge in [-0.3, -0.25) is 0 Å². The number of para-hydroxylation sites is 2. The fourth-order valence-corrected chi connectivity index (χ4v) is 3.00. The van der Waals surface area contributed by atoms with Crippen molar-refractivity contribution in [2.75, 3.05) is 0 Å². The quantitative estimate of drug-likeness (QED) is 0.919. The minimum Gasteiger partial charge on any atom is -0.328 e. The Balaban J connectivity index is 2.07. The van der Waals surface area contributed by atoms with Crippen LogP contribution in [0, 0.1) is 0 Å². The molecule has 2 atom stereocenters. The summed E-state index contributed by atoms with van der Waals surface area (Å²) >= 11 is 0. The van der Waals surface area contributed by atoms with Gasteiger partial charge >= 0.3 is 6.18 Å². The minimum absolute atomic E-state index is 0.0275. The van der Waals surface area contributed by atoms with Gasteiger partial charge in [-0.1, -0.05) is 12.1 Å². The second-order valence-corrected chi connectivity index (χ2v) is 5.43. The van der Waals surface area contributed by atoms with Crippen molar-refractivity contribution in [2.24, 2.45) is 5.73 Å². The number of imidazole rings is 1. The van der Waals surface area contributed by atoms with Gasteiger partial charge in [0.05, 0.1) is 11.0 Å². The predicted molar refractivity (Wildman–Crippen MR) is 70.4 cm³/mol. The lowest BCUT2D eigenvalue weighted by atomic mass is 10.1. The van der Waals surface area contributed by atoms with Crippen molar-refractivity contribution in [3.63, 3.8) is 0 Å². The van der Waals surface area contributed by atoms with E-state index in [0.717, 1.165) is 12.8 Å². The van der Waals surface area contributed by atoms with Gasteiger partial charge in [0, 0.05) is 12.0 Å². The molecule has 6 heteroatoms. The molecule has 2 aromatic rings. The fraction of sp³-hybridized carbons (Fsp3) is 0.500. The lowest BCUT2D eigenvalue weighted by molar-refractivity contribution is -0.140. The van der Waals surface area contributed by atoms with Crippen LogP contribution in [0.5, 0.6) is 0 Å². The average molecular weight is 283 g/mol. The first-order valence-corrected chi connectivity index (χ1v) is 6.71. The molecule has 0 saturated heterocycles. The van der Waals surface area contributed by atoms with E-state index < -0.39 is 12.7 Å². The summed E-state index contributed by atoms with van der Waals surface area (Å²) in [7, 11) is 0. The van der Waals surface area contributed by atoms with E-state index in [0.29, 0.717) is 23.3 Å². The van der Waals surface area contributed by atoms with Crippen LogP contribution >= 0.6 is 0 Å². The molecule has 1 aromatic carbocycles. The molecular formula is C14H16F3N3. The normalized spacial score (nSPS) is 23.6. The van der Waals surface area contributed by atoms with Gasteiger partial charge in [0.15, 0.2) is 0 Å². The molecule has 0 amide bonds. The van der Waals surface area contributed by atoms with Crippen LogP contribution in [0.2, 0.25) is 0 Å². The van der Waals surface area contributed by atoms with E-state index >= 15 is 0 Å². The van der Waals surface area contributed by atoms with E-state index in [4.69, 9.17) is 5.73 Å². The summed E-state index contributed by atoms with van der Waals surface area (Å²) in [6.45, 7) is -0.991. The van der Waals surface area contributed by atoms with E-state index in [2.05, 4.69) is 4.98 Å². The smallest absolute Gasteiger partial charge is 0.328 e. The zero-order valence-corrected chi connectivity index (χ0v) is 10.9. The van der Waals surface area contributed by atoms with Gasteiger partial charge in [-0.25, -0.2) is 4.98 Å². The van der Waals surface area contributed by atoms with Gasteiger partial charge in [0.1, 0.15) is 12.4 Å². The molecule has 20 heavy (non-hydrogen) atoms. The largest absolute Gasteiger partial charge is 0.406 e. The van der Waals surface area contributed by atoms with Crippen LogP contribution in [0.25, 0.3) is 11.0 Å². The zero-order valence-electron chi connectivity index (χ0n) is 10.9. The van der Waals surface area contributed by atoms with E-state index in [9.17, 15) is 13.2 Å². The van der Waals surface area contributed by atoms with Crippen LogP contribution in [-0.4, -0.2) is 21.8 Å². The van der Waals surface area contributed by atoms with Crippen LogP contribution in [0.1, 0.15) is 31.0 Å². The van der Waals surface area contributed by atoms with Gasteiger partial charge < -0.3 is 10.3 Å². The Kier molecular flexibility index (Phi) is 3.20. The topological polar surface area (TPSA) is 43.8 Å². The summed E-state index contributed by atoms with van der Waals surface area (Å²) in [5.74, 6) is 0.552. The lowest BCUT2D eigenvalue weighted by Gasteiger charge is -2.15. The first-order chi connectivity index (χ1) is 9.44. The van der Waals surface area contributed by atoms with Crippen LogP contribution in [0.15, 0.2) is 24.3 Å². The van der Waals surface area contributed by atoms with Gasteiger partial charge in [-0.15, -0.1) is 0 Å². The van der Waals surface area contributed by atoms with Crippen LogP contribution in [0.3, 0.4) is 0 Å². The lowest BCUT2D eigenvalue weighted by Crippen LogP contribution is -2.21. The summed E-state index contributed by atoms with van der Waals surface area (Å²) in [5.41, 5.74) is 7.03. The monoisotopic (exact) mass is 283 g/mol. The molecular weight excluding hydrogens is 267 g/mol. The Morgan fingerprint density at radius 3 is 2.65 bits per heavy atom. The molecule has 3 rings (SSSR count). The molecule has 108 valence electrons. The standard InChI is InChI=1S/C14H16F3N3/c15-14(16,17)8-20-12-4-2-1-3-11(12)19-13(20)9-5-6-10(18)7-9/h1-4,9-10H,5-8,18H2/t9-,10+/m1/s1. The number of aromatic nitrogens is 2. The molecule has 1 aliphatic rings. The molecule has 1 saturated carbocycles. The van der Waals surface area contributed by atoms with Gasteiger partial charge in [0.2, 0.25) is 0 Å². The number of alkyl halides is 3. The fourth-order valence-electron chi connectivity index (χ4n) is 3.00. The second-order valence-electron chi connectivity index (χ2n) is 5.43. The van der Waals surface area contributed by atoms with Gasteiger partial charge in [-0.05, 0) is 31.4 Å². The number of nitrogens with two attached hydrogens (primary N) is 1. The van der Waals surface area contributed by atoms with E-state index in [1.54, 1.807) is 24.3 Å². The summed E-state index contributed by atoms with van der Waals surface area (Å²) in [5, 5.41) is 0. The highest BCUT2D eigenvalue weighted by molar-refractivity contribution is 5.76. The predicted octanol–water partition coefficient (Wildman–Crippen LogP) is 3.19. The number of nitrogens with zero attached hydrogens (tertiary/aromatic N) is 2. The molecule has 0 radical (unpaired) electrons. The zero-order chi connectivity index (χ0) is 14.3. The molecule has 1 aliphatic carbocycles. The number of rotatable bonds is 2. The minimum atomic E-state index is -4.25. The van der Waals surface area contributed by atoms with Crippen molar-refractivity contribution in [3.8, 4) is 0 Å². The van der Waals surface area contributed by atoms with Gasteiger partial charge in [-0.2, -0.15) is 13.2 Å². The number of fused-ring (bicyclic) bond motifs is 1. The molecule has 0 bridgehead atoms. The number of benzene rings is 1. The van der Waals surface area contributed by atoms with Crippen LogP contribution in [-0.2, 0) is 6.54 Å². The molecule has 2 N–H and O–H groups in total. The first kappa shape index (κ1) is 13.4. The van der Waals surface area contributed by atoms with Crippen molar-refractivity contribution in [3.05, 3.63) is 30.1 Å². The third-order valence-corrected chi connectivity index (χ3v) is 3.86. The summed E-state index contributed by atoms with van der Waals surface area (Å²) < 4.78 is 39.8. The maximum absolute atomic E-state index is 12.8. The molecule has 3 nitrogen and oxygen atoms in total. The summed E-state index contributed by atoms with van der Waals surface area (Å²) in [6, 6.07) is 7.03. The molecule has 1 aromatic heterocycles. The van der Waals surface area contributed by atoms with Crippen molar-refractivity contribution < 1.29 is 13.2 Å². The van der Waals surface area contributed by atoms with Gasteiger partial charge in [0.25, 0.3) is 0 Å². The molecule has 1 heterocycles. The highest BCUT2D eigenvalue weighted by Crippen LogP contribution is 2.35. The third-order valence-electron chi connectivity index (χ3n) is 3.86. The highest BCUT2D eigenvalue weighted by atomic mass is 19.4. The first-order valence-electron chi connectivity index (χ1n) is 6.71. The van der Waals surface area contributed by atoms with Crippen LogP contribution in [0.4, 0.5) is 13.2 Å². The molecule has 0 spiro atoms. The Morgan fingerprint density at radius 1 is 1.25 bits per heavy atom. The number of halogens is 3. The Hall–Kier alpha value is -1.56. The van der Waals surface area contributed by atoms with Crippen molar-refractivity contribution in [1.29, 1.82) is 0 Å². The maximum atomic E-state index is 12.8. The number of hydrogen-bond donors (Lipinski definition) is 1. The van der Waals surface area contributed by atoms with Crippen molar-refractivity contribution in [1.82, 2.24) is 9.55 Å². The molecule has 0 unspecified atom stereocenters. The van der Waals surface area contributed by atoms with Crippen molar-refractivity contribution in [2.45, 2.75) is 43.9 Å². The van der Waals surface area contributed by atoms with Crippen molar-refractivity contribution >= 4 is 11.0 Å². The van der Waals surface area contributed by atoms with Crippen LogP contribution < -0.4 is 5.73 Å². The summed E-state index contributed by atoms with van der Waals surface area (Å²) in [6.07, 6.45) is -1.89.